The van der Waals surface area contributed by atoms with Crippen LogP contribution in [0.2, 0.25) is 0 Å². The summed E-state index contributed by atoms with van der Waals surface area (Å²) in [7, 11) is 1.93. The molecule has 0 spiro atoms. The third kappa shape index (κ3) is 5.67. The number of nitrogens with one attached hydrogen (secondary N) is 3. The maximum absolute atomic E-state index is 11.4. The van der Waals surface area contributed by atoms with Crippen LogP contribution < -0.4 is 15.8 Å². The van der Waals surface area contributed by atoms with Crippen LogP contribution in [0, 0.1) is 0 Å². The zero-order chi connectivity index (χ0) is 12.7. The fourth-order valence-electron chi connectivity index (χ4n) is 1.48. The molecule has 0 bridgehead atoms. The Morgan fingerprint density at radius 3 is 2.41 bits per heavy atom. The smallest absolute Gasteiger partial charge is 0.293 e. The van der Waals surface area contributed by atoms with Gasteiger partial charge in [-0.3, -0.25) is 20.4 Å². The second-order valence-corrected chi connectivity index (χ2v) is 4.03. The highest BCUT2D eigenvalue weighted by Gasteiger charge is 2.10. The first-order chi connectivity index (χ1) is 8.08. The van der Waals surface area contributed by atoms with Crippen LogP contribution in [0.5, 0.6) is 0 Å². The van der Waals surface area contributed by atoms with Gasteiger partial charge in [0.15, 0.2) is 6.54 Å². The molecule has 3 N–H and O–H groups in total. The molecule has 1 aromatic rings. The summed E-state index contributed by atoms with van der Waals surface area (Å²) in [5.74, 6) is -0.479. The third-order valence-electron chi connectivity index (χ3n) is 2.19. The lowest BCUT2D eigenvalue weighted by Crippen LogP contribution is -3.09. The van der Waals surface area contributed by atoms with Crippen molar-refractivity contribution in [2.75, 3.05) is 13.6 Å². The van der Waals surface area contributed by atoms with E-state index in [4.69, 9.17) is 0 Å². The van der Waals surface area contributed by atoms with Gasteiger partial charge < -0.3 is 4.90 Å². The first-order valence-electron chi connectivity index (χ1n) is 5.48. The predicted molar refractivity (Wildman–Crippen MR) is 63.9 cm³/mol. The Morgan fingerprint density at radius 2 is 1.82 bits per heavy atom. The first-order valence-corrected chi connectivity index (χ1v) is 5.48. The molecular formula is C12H18N3O2+. The molecule has 0 aliphatic heterocycles. The topological polar surface area (TPSA) is 62.6 Å². The SMILES string of the molecule is CC(=O)NNC(=O)C[NH+](C)Cc1ccccc1. The van der Waals surface area contributed by atoms with Gasteiger partial charge in [-0.25, -0.2) is 0 Å². The molecule has 0 aromatic heterocycles. The molecule has 5 heteroatoms. The van der Waals surface area contributed by atoms with E-state index in [0.717, 1.165) is 11.4 Å². The Balaban J connectivity index is 2.32. The van der Waals surface area contributed by atoms with E-state index in [-0.39, 0.29) is 11.8 Å². The lowest BCUT2D eigenvalue weighted by molar-refractivity contribution is -0.885. The lowest BCUT2D eigenvalue weighted by atomic mass is 10.2. The van der Waals surface area contributed by atoms with Gasteiger partial charge in [0.25, 0.3) is 5.91 Å². The molecule has 1 rings (SSSR count). The van der Waals surface area contributed by atoms with Gasteiger partial charge in [0, 0.05) is 12.5 Å². The van der Waals surface area contributed by atoms with E-state index in [9.17, 15) is 9.59 Å². The normalized spacial score (nSPS) is 11.6. The zero-order valence-electron chi connectivity index (χ0n) is 10.1. The Bertz CT molecular complexity index is 379. The number of likely N-dealkylation sites (N-methyl/N-ethyl adjacent to an activating group) is 1. The molecule has 5 nitrogen and oxygen atoms in total. The molecule has 0 saturated heterocycles. The average molecular weight is 236 g/mol. The molecule has 0 radical (unpaired) electrons. The summed E-state index contributed by atoms with van der Waals surface area (Å²) in [5.41, 5.74) is 5.78. The molecule has 1 unspecified atom stereocenters. The monoisotopic (exact) mass is 236 g/mol. The average Bonchev–Trinajstić information content (AvgIpc) is 2.27. The number of hydrogen-bond acceptors (Lipinski definition) is 2. The van der Waals surface area contributed by atoms with Crippen LogP contribution in [-0.2, 0) is 16.1 Å². The number of quaternary nitrogens is 1. The van der Waals surface area contributed by atoms with Gasteiger partial charge in [-0.2, -0.15) is 0 Å². The Hall–Kier alpha value is -1.88. The molecule has 1 atom stereocenters. The van der Waals surface area contributed by atoms with Crippen LogP contribution in [0.25, 0.3) is 0 Å². The van der Waals surface area contributed by atoms with Crippen molar-refractivity contribution in [2.24, 2.45) is 0 Å². The van der Waals surface area contributed by atoms with Gasteiger partial charge in [-0.05, 0) is 0 Å². The van der Waals surface area contributed by atoms with Crippen molar-refractivity contribution in [3.63, 3.8) is 0 Å². The first kappa shape index (κ1) is 13.2. The molecule has 1 aromatic carbocycles. The molecule has 17 heavy (non-hydrogen) atoms. The highest BCUT2D eigenvalue weighted by Crippen LogP contribution is 1.94. The van der Waals surface area contributed by atoms with Crippen molar-refractivity contribution in [3.8, 4) is 0 Å². The molecule has 0 aliphatic carbocycles. The van der Waals surface area contributed by atoms with Crippen LogP contribution in [0.4, 0.5) is 0 Å². The summed E-state index contributed by atoms with van der Waals surface area (Å²) in [4.78, 5) is 23.0. The molecule has 2 amide bonds. The highest BCUT2D eigenvalue weighted by molar-refractivity contribution is 5.81. The van der Waals surface area contributed by atoms with Crippen molar-refractivity contribution < 1.29 is 14.5 Å². The molecule has 92 valence electrons. The quantitative estimate of drug-likeness (QED) is 0.579. The van der Waals surface area contributed by atoms with Crippen LogP contribution >= 0.6 is 0 Å². The second kappa shape index (κ2) is 6.65. The van der Waals surface area contributed by atoms with Crippen molar-refractivity contribution in [2.45, 2.75) is 13.5 Å². The van der Waals surface area contributed by atoms with Gasteiger partial charge in [-0.1, -0.05) is 30.3 Å². The third-order valence-corrected chi connectivity index (χ3v) is 2.19. The number of hydrazine groups is 1. The van der Waals surface area contributed by atoms with Crippen molar-refractivity contribution in [3.05, 3.63) is 35.9 Å². The summed E-state index contributed by atoms with van der Waals surface area (Å²) in [6, 6.07) is 9.95. The summed E-state index contributed by atoms with van der Waals surface area (Å²) in [6.07, 6.45) is 0. The summed E-state index contributed by atoms with van der Waals surface area (Å²) in [6.45, 7) is 2.43. The van der Waals surface area contributed by atoms with Crippen LogP contribution in [0.1, 0.15) is 12.5 Å². The number of carbonyl (C=O) groups excluding carboxylic acids is 2. The second-order valence-electron chi connectivity index (χ2n) is 4.03. The minimum absolute atomic E-state index is 0.200. The van der Waals surface area contributed by atoms with Gasteiger partial charge in [0.1, 0.15) is 6.54 Å². The molecule has 0 fully saturated rings. The predicted octanol–water partition coefficient (Wildman–Crippen LogP) is -1.13. The van der Waals surface area contributed by atoms with Gasteiger partial charge in [-0.15, -0.1) is 0 Å². The molecule has 0 aliphatic rings. The minimum Gasteiger partial charge on any atom is -0.326 e. The van der Waals surface area contributed by atoms with E-state index in [2.05, 4.69) is 10.9 Å². The Kier molecular flexibility index (Phi) is 5.16. The number of hydrogen-bond donors (Lipinski definition) is 3. The van der Waals surface area contributed by atoms with Crippen LogP contribution in [-0.4, -0.2) is 25.4 Å². The lowest BCUT2D eigenvalue weighted by Gasteiger charge is -2.13. The zero-order valence-corrected chi connectivity index (χ0v) is 10.1. The number of carbonyl (C=O) groups is 2. The maximum Gasteiger partial charge on any atom is 0.293 e. The summed E-state index contributed by atoms with van der Waals surface area (Å²) >= 11 is 0. The fraction of sp³-hybridized carbons (Fsp3) is 0.333. The largest absolute Gasteiger partial charge is 0.326 e. The van der Waals surface area contributed by atoms with Crippen molar-refractivity contribution in [1.29, 1.82) is 0 Å². The standard InChI is InChI=1S/C12H17N3O2/c1-10(16)13-14-12(17)9-15(2)8-11-6-4-3-5-7-11/h3-7H,8-9H2,1-2H3,(H,13,16)(H,14,17)/p+1. The van der Waals surface area contributed by atoms with Crippen molar-refractivity contribution in [1.82, 2.24) is 10.9 Å². The molecule has 0 heterocycles. The number of rotatable bonds is 4. The molecular weight excluding hydrogens is 218 g/mol. The van der Waals surface area contributed by atoms with Crippen molar-refractivity contribution >= 4 is 11.8 Å². The van der Waals surface area contributed by atoms with Crippen LogP contribution in [0.3, 0.4) is 0 Å². The van der Waals surface area contributed by atoms with Gasteiger partial charge >= 0.3 is 0 Å². The molecule has 0 saturated carbocycles. The van der Waals surface area contributed by atoms with E-state index in [1.54, 1.807) is 0 Å². The van der Waals surface area contributed by atoms with E-state index >= 15 is 0 Å². The van der Waals surface area contributed by atoms with E-state index in [1.165, 1.54) is 12.5 Å². The highest BCUT2D eigenvalue weighted by atomic mass is 16.2. The number of benzene rings is 1. The van der Waals surface area contributed by atoms with Gasteiger partial charge in [0.05, 0.1) is 7.05 Å². The number of amides is 2. The fourth-order valence-corrected chi connectivity index (χ4v) is 1.48. The summed E-state index contributed by atoms with van der Waals surface area (Å²) < 4.78 is 0. The summed E-state index contributed by atoms with van der Waals surface area (Å²) in [5, 5.41) is 0. The van der Waals surface area contributed by atoms with Crippen LogP contribution in [0.15, 0.2) is 30.3 Å². The van der Waals surface area contributed by atoms with E-state index in [0.29, 0.717) is 6.54 Å². The van der Waals surface area contributed by atoms with E-state index in [1.807, 2.05) is 37.4 Å². The van der Waals surface area contributed by atoms with Gasteiger partial charge in [0.2, 0.25) is 5.91 Å². The minimum atomic E-state index is -0.279. The Labute approximate surface area is 101 Å². The maximum atomic E-state index is 11.4. The Morgan fingerprint density at radius 1 is 1.18 bits per heavy atom. The van der Waals surface area contributed by atoms with E-state index < -0.39 is 0 Å².